The number of aryl methyl sites for hydroxylation is 3. The van der Waals surface area contributed by atoms with Crippen molar-refractivity contribution in [1.82, 2.24) is 9.88 Å². The summed E-state index contributed by atoms with van der Waals surface area (Å²) in [5.74, 6) is -0.0211. The molecule has 0 bridgehead atoms. The maximum Gasteiger partial charge on any atom is 0.223 e. The molecule has 0 fully saturated rings. The number of hydrogen-bond donors (Lipinski definition) is 0. The lowest BCUT2D eigenvalue weighted by Gasteiger charge is -2.15. The molecule has 5 heteroatoms. The highest BCUT2D eigenvalue weighted by atomic mass is 32.1. The second-order valence-corrected chi connectivity index (χ2v) is 6.89. The Morgan fingerprint density at radius 3 is 2.48 bits per heavy atom. The van der Waals surface area contributed by atoms with Gasteiger partial charge >= 0.3 is 0 Å². The smallest absolute Gasteiger partial charge is 0.223 e. The Morgan fingerprint density at radius 1 is 1.13 bits per heavy atom. The molecule has 0 unspecified atom stereocenters. The molecule has 0 atom stereocenters. The van der Waals surface area contributed by atoms with Crippen LogP contribution in [-0.4, -0.2) is 28.6 Å². The summed E-state index contributed by atoms with van der Waals surface area (Å²) in [6.45, 7) is 6.43. The molecule has 2 rings (SSSR count). The topological polar surface area (TPSA) is 50.3 Å². The van der Waals surface area contributed by atoms with E-state index in [1.807, 2.05) is 44.4 Å². The van der Waals surface area contributed by atoms with Gasteiger partial charge in [0.1, 0.15) is 0 Å². The van der Waals surface area contributed by atoms with E-state index in [1.54, 1.807) is 23.3 Å². The van der Waals surface area contributed by atoms with Crippen LogP contribution in [-0.2, 0) is 11.3 Å². The molecule has 0 saturated heterocycles. The van der Waals surface area contributed by atoms with Crippen molar-refractivity contribution in [2.75, 3.05) is 7.05 Å². The van der Waals surface area contributed by atoms with Crippen LogP contribution >= 0.6 is 11.3 Å². The van der Waals surface area contributed by atoms with Gasteiger partial charge in [0.15, 0.2) is 5.78 Å². The van der Waals surface area contributed by atoms with E-state index in [-0.39, 0.29) is 24.5 Å². The molecule has 0 N–H and O–H groups in total. The molecule has 23 heavy (non-hydrogen) atoms. The number of nitrogens with zero attached hydrogens (tertiary/aromatic N) is 2. The Hall–Kier alpha value is -2.01. The van der Waals surface area contributed by atoms with E-state index in [9.17, 15) is 9.59 Å². The van der Waals surface area contributed by atoms with Crippen molar-refractivity contribution in [2.24, 2.45) is 0 Å². The number of thiazole rings is 1. The first-order valence-corrected chi connectivity index (χ1v) is 8.50. The number of amides is 1. The van der Waals surface area contributed by atoms with Crippen LogP contribution in [0, 0.1) is 20.8 Å². The fourth-order valence-corrected chi connectivity index (χ4v) is 2.89. The normalized spacial score (nSPS) is 10.6. The number of rotatable bonds is 6. The summed E-state index contributed by atoms with van der Waals surface area (Å²) in [7, 11) is 1.75. The van der Waals surface area contributed by atoms with Gasteiger partial charge < -0.3 is 4.90 Å². The lowest BCUT2D eigenvalue weighted by Crippen LogP contribution is -2.26. The lowest BCUT2D eigenvalue weighted by atomic mass is 10.0. The van der Waals surface area contributed by atoms with Gasteiger partial charge in [0.2, 0.25) is 5.91 Å². The van der Waals surface area contributed by atoms with Gasteiger partial charge in [0.05, 0.1) is 17.2 Å². The molecule has 1 aromatic carbocycles. The minimum absolute atomic E-state index is 0.0133. The van der Waals surface area contributed by atoms with Gasteiger partial charge in [-0.05, 0) is 38.0 Å². The Balaban J connectivity index is 1.87. The summed E-state index contributed by atoms with van der Waals surface area (Å²) in [6.07, 6.45) is 0.465. The van der Waals surface area contributed by atoms with Crippen LogP contribution < -0.4 is 0 Å². The minimum Gasteiger partial charge on any atom is -0.340 e. The molecule has 1 heterocycles. The van der Waals surface area contributed by atoms with E-state index >= 15 is 0 Å². The molecule has 122 valence electrons. The predicted octanol–water partition coefficient (Wildman–Crippen LogP) is 3.69. The summed E-state index contributed by atoms with van der Waals surface area (Å²) < 4.78 is 0. The highest BCUT2D eigenvalue weighted by Gasteiger charge is 2.14. The Morgan fingerprint density at radius 2 is 1.87 bits per heavy atom. The lowest BCUT2D eigenvalue weighted by molar-refractivity contribution is -0.130. The number of carbonyl (C=O) groups excluding carboxylic acids is 2. The second-order valence-electron chi connectivity index (χ2n) is 5.83. The minimum atomic E-state index is -0.0344. The number of hydrogen-bond acceptors (Lipinski definition) is 4. The number of benzene rings is 1. The molecular weight excluding hydrogens is 308 g/mol. The van der Waals surface area contributed by atoms with E-state index in [0.29, 0.717) is 12.1 Å². The van der Waals surface area contributed by atoms with Crippen molar-refractivity contribution in [2.45, 2.75) is 40.2 Å². The molecule has 0 saturated carbocycles. The summed E-state index contributed by atoms with van der Waals surface area (Å²) >= 11 is 1.57. The summed E-state index contributed by atoms with van der Waals surface area (Å²) in [4.78, 5) is 30.4. The zero-order chi connectivity index (χ0) is 17.0. The van der Waals surface area contributed by atoms with Gasteiger partial charge in [-0.15, -0.1) is 11.3 Å². The standard InChI is InChI=1S/C18H22N2O2S/c1-12-5-6-15(9-13(12)2)17(21)7-8-18(22)20(4)10-16-11-23-14(3)19-16/h5-6,9,11H,7-8,10H2,1-4H3. The monoisotopic (exact) mass is 330 g/mol. The first-order chi connectivity index (χ1) is 10.9. The molecule has 0 aliphatic rings. The Kier molecular flexibility index (Phi) is 5.66. The third kappa shape index (κ3) is 4.73. The number of Topliss-reactive ketones (excluding diaryl/α,β-unsaturated/α-hetero) is 1. The van der Waals surface area contributed by atoms with Crippen molar-refractivity contribution in [3.05, 3.63) is 51.0 Å². The van der Waals surface area contributed by atoms with Crippen molar-refractivity contribution >= 4 is 23.0 Å². The van der Waals surface area contributed by atoms with Crippen molar-refractivity contribution in [1.29, 1.82) is 0 Å². The van der Waals surface area contributed by atoms with Gasteiger partial charge in [-0.25, -0.2) is 4.98 Å². The highest BCUT2D eigenvalue weighted by molar-refractivity contribution is 7.09. The molecular formula is C18H22N2O2S. The van der Waals surface area contributed by atoms with Crippen LogP contribution in [0.3, 0.4) is 0 Å². The molecule has 1 aromatic heterocycles. The van der Waals surface area contributed by atoms with Crippen LogP contribution in [0.15, 0.2) is 23.6 Å². The molecule has 2 aromatic rings. The van der Waals surface area contributed by atoms with Gasteiger partial charge in [-0.1, -0.05) is 12.1 Å². The SMILES string of the molecule is Cc1nc(CN(C)C(=O)CCC(=O)c2ccc(C)c(C)c2)cs1. The largest absolute Gasteiger partial charge is 0.340 e. The van der Waals surface area contributed by atoms with E-state index in [2.05, 4.69) is 4.98 Å². The first kappa shape index (κ1) is 17.3. The summed E-state index contributed by atoms with van der Waals surface area (Å²) in [5, 5.41) is 2.95. The van der Waals surface area contributed by atoms with Crippen molar-refractivity contribution in [3.8, 4) is 0 Å². The van der Waals surface area contributed by atoms with Crippen molar-refractivity contribution < 1.29 is 9.59 Å². The van der Waals surface area contributed by atoms with Crippen LogP contribution in [0.4, 0.5) is 0 Å². The van der Waals surface area contributed by atoms with E-state index in [4.69, 9.17) is 0 Å². The third-order valence-electron chi connectivity index (χ3n) is 3.89. The van der Waals surface area contributed by atoms with Gasteiger partial charge in [-0.2, -0.15) is 0 Å². The zero-order valence-electron chi connectivity index (χ0n) is 14.0. The quantitative estimate of drug-likeness (QED) is 0.759. The maximum atomic E-state index is 12.2. The van der Waals surface area contributed by atoms with Crippen molar-refractivity contribution in [3.63, 3.8) is 0 Å². The molecule has 0 radical (unpaired) electrons. The Labute approximate surface area is 141 Å². The van der Waals surface area contributed by atoms with Gasteiger partial charge in [0, 0.05) is 30.8 Å². The average molecular weight is 330 g/mol. The second kappa shape index (κ2) is 7.51. The number of carbonyl (C=O) groups is 2. The maximum absolute atomic E-state index is 12.2. The van der Waals surface area contributed by atoms with Gasteiger partial charge in [0.25, 0.3) is 0 Å². The fourth-order valence-electron chi connectivity index (χ4n) is 2.28. The predicted molar refractivity (Wildman–Crippen MR) is 92.8 cm³/mol. The van der Waals surface area contributed by atoms with E-state index in [0.717, 1.165) is 21.8 Å². The molecule has 4 nitrogen and oxygen atoms in total. The third-order valence-corrected chi connectivity index (χ3v) is 4.71. The van der Waals surface area contributed by atoms with Crippen LogP contribution in [0.5, 0.6) is 0 Å². The molecule has 0 spiro atoms. The number of ketones is 1. The van der Waals surface area contributed by atoms with E-state index < -0.39 is 0 Å². The zero-order valence-corrected chi connectivity index (χ0v) is 14.9. The van der Waals surface area contributed by atoms with Crippen LogP contribution in [0.25, 0.3) is 0 Å². The van der Waals surface area contributed by atoms with Crippen LogP contribution in [0.2, 0.25) is 0 Å². The first-order valence-electron chi connectivity index (χ1n) is 7.62. The molecule has 1 amide bonds. The molecule has 0 aliphatic heterocycles. The number of aromatic nitrogens is 1. The van der Waals surface area contributed by atoms with Gasteiger partial charge in [-0.3, -0.25) is 9.59 Å². The summed E-state index contributed by atoms with van der Waals surface area (Å²) in [6, 6.07) is 5.67. The Bertz CT molecular complexity index is 722. The highest BCUT2D eigenvalue weighted by Crippen LogP contribution is 2.14. The van der Waals surface area contributed by atoms with E-state index in [1.165, 1.54) is 0 Å². The fraction of sp³-hybridized carbons (Fsp3) is 0.389. The van der Waals surface area contributed by atoms with Crippen LogP contribution in [0.1, 0.15) is 45.0 Å². The summed E-state index contributed by atoms with van der Waals surface area (Å²) in [5.41, 5.74) is 3.83. The average Bonchev–Trinajstić information content (AvgIpc) is 2.92. The molecule has 0 aliphatic carbocycles.